The molecule has 4 aliphatic rings. The summed E-state index contributed by atoms with van der Waals surface area (Å²) in [7, 11) is 1.66. The van der Waals surface area contributed by atoms with Gasteiger partial charge < -0.3 is 15.3 Å². The average Bonchev–Trinajstić information content (AvgIpc) is 3.57. The van der Waals surface area contributed by atoms with E-state index in [2.05, 4.69) is 30.1 Å². The standard InChI is InChI=1S/C32H35N3O4S2/c1-19(2)15-17-40-27-26(37)35-29-31(24-11-7-8-12-25(24)33-29,23-14-13-21-9-5-6-10-22(21)23)28(38)32(35,30(39)34(27)4)41-18-16-20(3)36/h5-12,14,27-29,33,38H,1,13,15-18H2,2-4H3/t27-,28-,29+,31-,32-/m0/s1. The number of hydrogen-bond acceptors (Lipinski definition) is 7. The first kappa shape index (κ1) is 28.1. The molecule has 9 heteroatoms. The molecule has 41 heavy (non-hydrogen) atoms. The molecule has 2 aromatic carbocycles. The van der Waals surface area contributed by atoms with Gasteiger partial charge in [0.25, 0.3) is 11.8 Å². The number of benzene rings is 2. The first-order valence-corrected chi connectivity index (χ1v) is 16.0. The van der Waals surface area contributed by atoms with Crippen LogP contribution in [-0.4, -0.2) is 73.6 Å². The minimum absolute atomic E-state index is 0.00471. The van der Waals surface area contributed by atoms with Crippen molar-refractivity contribution in [3.63, 3.8) is 0 Å². The number of carbonyl (C=O) groups is 3. The molecule has 2 saturated heterocycles. The quantitative estimate of drug-likeness (QED) is 0.419. The Morgan fingerprint density at radius 3 is 2.59 bits per heavy atom. The van der Waals surface area contributed by atoms with Gasteiger partial charge >= 0.3 is 0 Å². The van der Waals surface area contributed by atoms with Crippen molar-refractivity contribution in [2.24, 2.45) is 0 Å². The van der Waals surface area contributed by atoms with Crippen molar-refractivity contribution in [3.05, 3.63) is 83.4 Å². The van der Waals surface area contributed by atoms with Crippen LogP contribution in [0, 0.1) is 0 Å². The zero-order valence-corrected chi connectivity index (χ0v) is 25.2. The van der Waals surface area contributed by atoms with E-state index < -0.39 is 27.9 Å². The number of aliphatic hydroxyl groups excluding tert-OH is 1. The number of ketones is 1. The smallest absolute Gasteiger partial charge is 0.263 e. The predicted octanol–water partition coefficient (Wildman–Crippen LogP) is 4.42. The number of piperazine rings is 1. The van der Waals surface area contributed by atoms with Crippen molar-refractivity contribution < 1.29 is 19.5 Å². The van der Waals surface area contributed by atoms with Crippen LogP contribution >= 0.6 is 23.5 Å². The Morgan fingerprint density at radius 1 is 1.10 bits per heavy atom. The third-order valence-corrected chi connectivity index (χ3v) is 11.5. The fourth-order valence-corrected chi connectivity index (χ4v) is 9.84. The summed E-state index contributed by atoms with van der Waals surface area (Å²) < 4.78 is 0. The van der Waals surface area contributed by atoms with Crippen molar-refractivity contribution >= 4 is 52.4 Å². The number of para-hydroxylation sites is 1. The summed E-state index contributed by atoms with van der Waals surface area (Å²) in [6, 6.07) is 16.0. The highest BCUT2D eigenvalue weighted by atomic mass is 32.2. The SMILES string of the molecule is C=C(C)CCS[C@H]1C(=O)N2[C@H]3Nc4ccccc4[C@@]3(C3=CCc4ccccc43)[C@H](O)[C@]2(SCCC(C)=O)C(=O)N1C. The van der Waals surface area contributed by atoms with Gasteiger partial charge in [0, 0.05) is 24.9 Å². The second-order valence-electron chi connectivity index (χ2n) is 11.4. The monoisotopic (exact) mass is 589 g/mol. The van der Waals surface area contributed by atoms with Crippen LogP contribution in [-0.2, 0) is 26.2 Å². The van der Waals surface area contributed by atoms with E-state index in [1.807, 2.05) is 43.3 Å². The number of Topliss-reactive ketones (excluding diaryl/α,β-unsaturated/α-hetero) is 1. The van der Waals surface area contributed by atoms with Crippen LogP contribution in [0.25, 0.3) is 5.57 Å². The number of rotatable bonds is 9. The first-order valence-electron chi connectivity index (χ1n) is 14.0. The third kappa shape index (κ3) is 3.96. The minimum atomic E-state index is -1.60. The van der Waals surface area contributed by atoms with Crippen molar-refractivity contribution in [2.75, 3.05) is 23.9 Å². The molecule has 7 nitrogen and oxygen atoms in total. The largest absolute Gasteiger partial charge is 0.388 e. The average molecular weight is 590 g/mol. The summed E-state index contributed by atoms with van der Waals surface area (Å²) in [6.07, 6.45) is 1.87. The van der Waals surface area contributed by atoms with Gasteiger partial charge in [-0.3, -0.25) is 19.3 Å². The Labute approximate surface area is 249 Å². The van der Waals surface area contributed by atoms with Gasteiger partial charge in [-0.2, -0.15) is 0 Å². The van der Waals surface area contributed by atoms with Gasteiger partial charge in [-0.05, 0) is 60.8 Å². The summed E-state index contributed by atoms with van der Waals surface area (Å²) >= 11 is 2.65. The van der Waals surface area contributed by atoms with E-state index in [4.69, 9.17) is 0 Å². The van der Waals surface area contributed by atoms with E-state index in [-0.39, 0.29) is 24.0 Å². The normalized spacial score (nSPS) is 29.5. The van der Waals surface area contributed by atoms with Gasteiger partial charge in [-0.15, -0.1) is 30.1 Å². The topological polar surface area (TPSA) is 90.0 Å². The molecular formula is C32H35N3O4S2. The number of hydrogen-bond donors (Lipinski definition) is 2. The maximum atomic E-state index is 14.6. The maximum absolute atomic E-state index is 14.6. The van der Waals surface area contributed by atoms with Gasteiger partial charge in [-0.25, -0.2) is 0 Å². The number of carbonyl (C=O) groups excluding carboxylic acids is 3. The summed E-state index contributed by atoms with van der Waals surface area (Å²) in [4.78, 5) is 42.7. The number of likely N-dealkylation sites (N-methyl/N-ethyl adjacent to an activating group) is 1. The molecule has 2 aromatic rings. The Balaban J connectivity index is 1.55. The third-order valence-electron chi connectivity index (χ3n) is 8.80. The van der Waals surface area contributed by atoms with Gasteiger partial charge in [-0.1, -0.05) is 54.1 Å². The Hall–Kier alpha value is -3.01. The van der Waals surface area contributed by atoms with Crippen LogP contribution in [0.4, 0.5) is 5.69 Å². The molecule has 5 atom stereocenters. The van der Waals surface area contributed by atoms with Gasteiger partial charge in [0.05, 0.1) is 5.41 Å². The number of nitrogens with one attached hydrogen (secondary N) is 1. The molecule has 0 radical (unpaired) electrons. The molecule has 2 amide bonds. The number of nitrogens with zero attached hydrogens (tertiary/aromatic N) is 2. The number of amides is 2. The maximum Gasteiger partial charge on any atom is 0.263 e. The first-order chi connectivity index (χ1) is 19.7. The van der Waals surface area contributed by atoms with Gasteiger partial charge in [0.15, 0.2) is 10.2 Å². The van der Waals surface area contributed by atoms with Crippen LogP contribution in [0.15, 0.2) is 66.8 Å². The summed E-state index contributed by atoms with van der Waals surface area (Å²) in [6.45, 7) is 7.45. The number of aliphatic hydroxyl groups is 1. The zero-order valence-electron chi connectivity index (χ0n) is 23.6. The van der Waals surface area contributed by atoms with E-state index in [0.29, 0.717) is 17.9 Å². The highest BCUT2D eigenvalue weighted by molar-refractivity contribution is 8.01. The molecule has 0 bridgehead atoms. The minimum Gasteiger partial charge on any atom is -0.388 e. The number of fused-ring (bicyclic) bond motifs is 6. The van der Waals surface area contributed by atoms with Crippen LogP contribution in [0.2, 0.25) is 0 Å². The Morgan fingerprint density at radius 2 is 1.83 bits per heavy atom. The second kappa shape index (κ2) is 10.4. The molecule has 0 saturated carbocycles. The number of allylic oxidation sites excluding steroid dienone is 2. The van der Waals surface area contributed by atoms with Crippen molar-refractivity contribution in [2.45, 2.75) is 61.0 Å². The van der Waals surface area contributed by atoms with Gasteiger partial charge in [0.2, 0.25) is 0 Å². The van der Waals surface area contributed by atoms with Gasteiger partial charge in [0.1, 0.15) is 18.1 Å². The number of thioether (sulfide) groups is 2. The van der Waals surface area contributed by atoms with E-state index >= 15 is 0 Å². The van der Waals surface area contributed by atoms with E-state index in [1.54, 1.807) is 11.9 Å². The number of anilines is 1. The van der Waals surface area contributed by atoms with Crippen molar-refractivity contribution in [1.29, 1.82) is 0 Å². The molecule has 0 aromatic heterocycles. The Kier molecular flexibility index (Phi) is 7.11. The van der Waals surface area contributed by atoms with Crippen molar-refractivity contribution in [3.8, 4) is 0 Å². The molecule has 0 spiro atoms. The second-order valence-corrected chi connectivity index (χ2v) is 13.9. The molecule has 2 fully saturated rings. The lowest BCUT2D eigenvalue weighted by molar-refractivity contribution is -0.160. The lowest BCUT2D eigenvalue weighted by atomic mass is 9.68. The highest BCUT2D eigenvalue weighted by Crippen LogP contribution is 2.65. The van der Waals surface area contributed by atoms with E-state index in [1.165, 1.54) is 35.3 Å². The zero-order chi connectivity index (χ0) is 29.1. The van der Waals surface area contributed by atoms with E-state index in [9.17, 15) is 19.5 Å². The summed E-state index contributed by atoms with van der Waals surface area (Å²) in [5, 5.41) is 15.6. The molecular weight excluding hydrogens is 555 g/mol. The Bertz CT molecular complexity index is 1490. The molecule has 2 N–H and O–H groups in total. The van der Waals surface area contributed by atoms with E-state index in [0.717, 1.165) is 39.9 Å². The molecule has 1 aliphatic carbocycles. The molecule has 3 aliphatic heterocycles. The fraction of sp³-hybridized carbons (Fsp3) is 0.406. The molecule has 3 heterocycles. The van der Waals surface area contributed by atoms with Crippen LogP contribution in [0.5, 0.6) is 0 Å². The predicted molar refractivity (Wildman–Crippen MR) is 165 cm³/mol. The van der Waals surface area contributed by atoms with Crippen LogP contribution in [0.1, 0.15) is 43.4 Å². The lowest BCUT2D eigenvalue weighted by Crippen LogP contribution is -2.71. The molecule has 6 rings (SSSR count). The molecule has 214 valence electrons. The van der Waals surface area contributed by atoms with Crippen molar-refractivity contribution in [1.82, 2.24) is 9.80 Å². The lowest BCUT2D eigenvalue weighted by Gasteiger charge is -2.49. The van der Waals surface area contributed by atoms with Crippen LogP contribution < -0.4 is 5.32 Å². The van der Waals surface area contributed by atoms with Crippen LogP contribution in [0.3, 0.4) is 0 Å². The summed E-state index contributed by atoms with van der Waals surface area (Å²) in [5.41, 5.74) is 4.75. The summed E-state index contributed by atoms with van der Waals surface area (Å²) in [5.74, 6) is 0.420. The fourth-order valence-electron chi connectivity index (χ4n) is 6.93. The molecule has 0 unspecified atom stereocenters. The highest BCUT2D eigenvalue weighted by Gasteiger charge is 2.78.